The summed E-state index contributed by atoms with van der Waals surface area (Å²) >= 11 is 6.89. The Labute approximate surface area is 142 Å². The van der Waals surface area contributed by atoms with E-state index in [-0.39, 0.29) is 13.0 Å². The summed E-state index contributed by atoms with van der Waals surface area (Å²) in [6, 6.07) is 3.39. The lowest BCUT2D eigenvalue weighted by atomic mass is 10.1. The van der Waals surface area contributed by atoms with Crippen molar-refractivity contribution in [2.24, 2.45) is 0 Å². The minimum atomic E-state index is -0.427. The standard InChI is InChI=1S/C14H15ClN2O5S/c1-19-10-4-8(5-11(20-2)13(10)21-3)6-12(18)22-7-9-14(15)23-17-16-9/h4-5H,6-7H2,1-3H3. The molecule has 0 saturated carbocycles. The third-order valence-electron chi connectivity index (χ3n) is 2.95. The predicted octanol–water partition coefficient (Wildman–Crippen LogP) is 2.50. The second-order valence-corrected chi connectivity index (χ2v) is 5.72. The maximum atomic E-state index is 11.9. The van der Waals surface area contributed by atoms with Crippen LogP contribution in [0.2, 0.25) is 4.34 Å². The molecular formula is C14H15ClN2O5S. The molecule has 2 aromatic rings. The highest BCUT2D eigenvalue weighted by molar-refractivity contribution is 7.10. The second kappa shape index (κ2) is 7.98. The van der Waals surface area contributed by atoms with E-state index in [4.69, 9.17) is 30.5 Å². The maximum Gasteiger partial charge on any atom is 0.310 e. The zero-order valence-electron chi connectivity index (χ0n) is 12.8. The molecule has 0 saturated heterocycles. The molecule has 2 rings (SSSR count). The summed E-state index contributed by atoms with van der Waals surface area (Å²) in [5, 5.41) is 3.78. The van der Waals surface area contributed by atoms with Gasteiger partial charge in [0, 0.05) is 11.5 Å². The van der Waals surface area contributed by atoms with Gasteiger partial charge in [0.2, 0.25) is 5.75 Å². The van der Waals surface area contributed by atoms with Gasteiger partial charge in [-0.15, -0.1) is 5.10 Å². The lowest BCUT2D eigenvalue weighted by Gasteiger charge is -2.13. The van der Waals surface area contributed by atoms with E-state index in [2.05, 4.69) is 9.59 Å². The molecule has 0 amide bonds. The number of methoxy groups -OCH3 is 3. The topological polar surface area (TPSA) is 79.8 Å². The average molecular weight is 359 g/mol. The molecule has 0 aliphatic heterocycles. The van der Waals surface area contributed by atoms with Gasteiger partial charge >= 0.3 is 5.97 Å². The van der Waals surface area contributed by atoms with E-state index in [1.807, 2.05) is 0 Å². The summed E-state index contributed by atoms with van der Waals surface area (Å²) in [7, 11) is 4.53. The number of halogens is 1. The number of carbonyl (C=O) groups is 1. The van der Waals surface area contributed by atoms with Crippen LogP contribution in [-0.4, -0.2) is 36.9 Å². The molecule has 1 aromatic carbocycles. The van der Waals surface area contributed by atoms with Gasteiger partial charge in [-0.05, 0) is 17.7 Å². The van der Waals surface area contributed by atoms with Gasteiger partial charge in [-0.3, -0.25) is 4.79 Å². The van der Waals surface area contributed by atoms with E-state index >= 15 is 0 Å². The lowest BCUT2D eigenvalue weighted by molar-refractivity contribution is -0.144. The van der Waals surface area contributed by atoms with Crippen LogP contribution in [0, 0.1) is 0 Å². The first-order valence-electron chi connectivity index (χ1n) is 6.50. The molecule has 0 unspecified atom stereocenters. The highest BCUT2D eigenvalue weighted by Crippen LogP contribution is 2.38. The number of ether oxygens (including phenoxy) is 4. The van der Waals surface area contributed by atoms with Crippen molar-refractivity contribution >= 4 is 29.1 Å². The number of aromatic nitrogens is 2. The average Bonchev–Trinajstić information content (AvgIpc) is 2.97. The molecule has 0 atom stereocenters. The minimum absolute atomic E-state index is 0.0153. The third kappa shape index (κ3) is 4.23. The van der Waals surface area contributed by atoms with Crippen molar-refractivity contribution < 1.29 is 23.7 Å². The van der Waals surface area contributed by atoms with Gasteiger partial charge in [0.15, 0.2) is 11.5 Å². The lowest BCUT2D eigenvalue weighted by Crippen LogP contribution is -2.09. The summed E-state index contributed by atoms with van der Waals surface area (Å²) in [5.74, 6) is 0.985. The fourth-order valence-electron chi connectivity index (χ4n) is 1.89. The van der Waals surface area contributed by atoms with Crippen molar-refractivity contribution in [3.8, 4) is 17.2 Å². The van der Waals surface area contributed by atoms with Crippen LogP contribution >= 0.6 is 23.1 Å². The second-order valence-electron chi connectivity index (χ2n) is 4.36. The molecule has 0 N–H and O–H groups in total. The Kier molecular flexibility index (Phi) is 6.00. The number of hydrogen-bond donors (Lipinski definition) is 0. The fourth-order valence-corrected chi connectivity index (χ4v) is 2.49. The fraction of sp³-hybridized carbons (Fsp3) is 0.357. The Morgan fingerprint density at radius 1 is 1.17 bits per heavy atom. The molecule has 9 heteroatoms. The summed E-state index contributed by atoms with van der Waals surface area (Å²) in [6.45, 7) is -0.0153. The van der Waals surface area contributed by atoms with Crippen molar-refractivity contribution in [1.29, 1.82) is 0 Å². The number of esters is 1. The first kappa shape index (κ1) is 17.3. The SMILES string of the molecule is COc1cc(CC(=O)OCc2nnsc2Cl)cc(OC)c1OC. The number of hydrogen-bond acceptors (Lipinski definition) is 8. The number of rotatable bonds is 7. The van der Waals surface area contributed by atoms with Gasteiger partial charge < -0.3 is 18.9 Å². The van der Waals surface area contributed by atoms with Crippen molar-refractivity contribution in [3.05, 3.63) is 27.7 Å². The van der Waals surface area contributed by atoms with Crippen LogP contribution in [0.15, 0.2) is 12.1 Å². The molecule has 124 valence electrons. The van der Waals surface area contributed by atoms with Crippen molar-refractivity contribution in [2.45, 2.75) is 13.0 Å². The Balaban J connectivity index is 2.07. The van der Waals surface area contributed by atoms with Gasteiger partial charge in [0.1, 0.15) is 16.6 Å². The molecule has 0 bridgehead atoms. The van der Waals surface area contributed by atoms with E-state index in [9.17, 15) is 4.79 Å². The largest absolute Gasteiger partial charge is 0.493 e. The van der Waals surface area contributed by atoms with E-state index in [1.165, 1.54) is 21.3 Å². The quantitative estimate of drug-likeness (QED) is 0.703. The molecule has 23 heavy (non-hydrogen) atoms. The van der Waals surface area contributed by atoms with Gasteiger partial charge in [0.05, 0.1) is 27.8 Å². The molecule has 0 aliphatic rings. The van der Waals surface area contributed by atoms with Crippen molar-refractivity contribution in [2.75, 3.05) is 21.3 Å². The summed E-state index contributed by atoms with van der Waals surface area (Å²) in [4.78, 5) is 11.9. The minimum Gasteiger partial charge on any atom is -0.493 e. The highest BCUT2D eigenvalue weighted by atomic mass is 35.5. The number of nitrogens with zero attached hydrogens (tertiary/aromatic N) is 2. The van der Waals surface area contributed by atoms with Crippen molar-refractivity contribution in [1.82, 2.24) is 9.59 Å². The molecule has 7 nitrogen and oxygen atoms in total. The molecule has 0 radical (unpaired) electrons. The summed E-state index contributed by atoms with van der Waals surface area (Å²) < 4.78 is 24.9. The Bertz CT molecular complexity index is 667. The molecule has 0 fully saturated rings. The molecule has 1 heterocycles. The number of carbonyl (C=O) groups excluding carboxylic acids is 1. The van der Waals surface area contributed by atoms with Gasteiger partial charge in [0.25, 0.3) is 0 Å². The van der Waals surface area contributed by atoms with E-state index in [1.54, 1.807) is 12.1 Å². The van der Waals surface area contributed by atoms with Crippen LogP contribution in [0.5, 0.6) is 17.2 Å². The number of benzene rings is 1. The first-order valence-corrected chi connectivity index (χ1v) is 7.65. The van der Waals surface area contributed by atoms with Crippen LogP contribution < -0.4 is 14.2 Å². The van der Waals surface area contributed by atoms with Crippen LogP contribution in [-0.2, 0) is 22.6 Å². The third-order valence-corrected chi connectivity index (χ3v) is 3.94. The van der Waals surface area contributed by atoms with Gasteiger partial charge in [-0.25, -0.2) is 0 Å². The summed E-state index contributed by atoms with van der Waals surface area (Å²) in [6.07, 6.45) is 0.0475. The zero-order valence-corrected chi connectivity index (χ0v) is 14.4. The molecular weight excluding hydrogens is 344 g/mol. The van der Waals surface area contributed by atoms with E-state index < -0.39 is 5.97 Å². The normalized spacial score (nSPS) is 10.3. The van der Waals surface area contributed by atoms with Crippen LogP contribution in [0.3, 0.4) is 0 Å². The van der Waals surface area contributed by atoms with Crippen LogP contribution in [0.4, 0.5) is 0 Å². The maximum absolute atomic E-state index is 11.9. The smallest absolute Gasteiger partial charge is 0.310 e. The first-order chi connectivity index (χ1) is 11.1. The van der Waals surface area contributed by atoms with E-state index in [0.717, 1.165) is 11.5 Å². The molecule has 0 spiro atoms. The summed E-state index contributed by atoms with van der Waals surface area (Å²) in [5.41, 5.74) is 1.11. The Hall–Kier alpha value is -2.06. The van der Waals surface area contributed by atoms with Crippen LogP contribution in [0.25, 0.3) is 0 Å². The zero-order chi connectivity index (χ0) is 16.8. The monoisotopic (exact) mass is 358 g/mol. The molecule has 0 aliphatic carbocycles. The van der Waals surface area contributed by atoms with Gasteiger partial charge in [-0.1, -0.05) is 16.1 Å². The van der Waals surface area contributed by atoms with Gasteiger partial charge in [-0.2, -0.15) is 0 Å². The van der Waals surface area contributed by atoms with Crippen molar-refractivity contribution in [3.63, 3.8) is 0 Å². The van der Waals surface area contributed by atoms with Crippen LogP contribution in [0.1, 0.15) is 11.3 Å². The highest BCUT2D eigenvalue weighted by Gasteiger charge is 2.16. The molecule has 1 aromatic heterocycles. The van der Waals surface area contributed by atoms with E-state index in [0.29, 0.717) is 32.8 Å². The Morgan fingerprint density at radius 2 is 1.83 bits per heavy atom. The Morgan fingerprint density at radius 3 is 2.30 bits per heavy atom. The predicted molar refractivity (Wildman–Crippen MR) is 84.5 cm³/mol.